The van der Waals surface area contributed by atoms with Gasteiger partial charge in [0.25, 0.3) is 0 Å². The number of carboxylic acids is 1. The number of benzene rings is 1. The first-order valence-corrected chi connectivity index (χ1v) is 4.37. The van der Waals surface area contributed by atoms with Gasteiger partial charge in [0, 0.05) is 4.90 Å². The number of hydrogen-bond donors (Lipinski definition) is 2. The van der Waals surface area contributed by atoms with Gasteiger partial charge in [-0.05, 0) is 30.7 Å². The van der Waals surface area contributed by atoms with Crippen LogP contribution >= 0.6 is 12.0 Å². The van der Waals surface area contributed by atoms with Crippen LogP contribution in [0.2, 0.25) is 0 Å². The third-order valence-electron chi connectivity index (χ3n) is 1.46. The second-order valence-electron chi connectivity index (χ2n) is 2.57. The summed E-state index contributed by atoms with van der Waals surface area (Å²) in [7, 11) is 0. The van der Waals surface area contributed by atoms with Crippen molar-refractivity contribution < 1.29 is 24.5 Å². The van der Waals surface area contributed by atoms with Crippen LogP contribution in [0.1, 0.15) is 15.9 Å². The second-order valence-corrected chi connectivity index (χ2v) is 3.34. The molecule has 0 heterocycles. The van der Waals surface area contributed by atoms with Gasteiger partial charge in [0.2, 0.25) is 0 Å². The van der Waals surface area contributed by atoms with Crippen molar-refractivity contribution in [2.75, 3.05) is 0 Å². The Morgan fingerprint density at radius 3 is 2.71 bits per heavy atom. The molecule has 0 bridgehead atoms. The van der Waals surface area contributed by atoms with Crippen molar-refractivity contribution in [3.8, 4) is 0 Å². The van der Waals surface area contributed by atoms with Crippen LogP contribution in [0.3, 0.4) is 0 Å². The fourth-order valence-corrected chi connectivity index (χ4v) is 1.49. The van der Waals surface area contributed by atoms with Crippen LogP contribution in [-0.4, -0.2) is 16.3 Å². The number of hydrogen-bond acceptors (Lipinski definition) is 5. The smallest absolute Gasteiger partial charge is 0.335 e. The quantitative estimate of drug-likeness (QED) is 0.456. The summed E-state index contributed by atoms with van der Waals surface area (Å²) in [5.41, 5.74) is 0.947. The van der Waals surface area contributed by atoms with E-state index in [1.807, 2.05) is 0 Å². The first kappa shape index (κ1) is 11.0. The average Bonchev–Trinajstić information content (AvgIpc) is 2.14. The van der Waals surface area contributed by atoms with Crippen LogP contribution in [0.5, 0.6) is 0 Å². The van der Waals surface area contributed by atoms with E-state index in [9.17, 15) is 4.79 Å². The minimum atomic E-state index is -1.01. The minimum absolute atomic E-state index is 0.161. The zero-order valence-electron chi connectivity index (χ0n) is 7.26. The molecule has 0 saturated carbocycles. The van der Waals surface area contributed by atoms with Crippen molar-refractivity contribution in [3.05, 3.63) is 29.3 Å². The molecule has 0 fully saturated rings. The Morgan fingerprint density at radius 2 is 2.14 bits per heavy atom. The minimum Gasteiger partial charge on any atom is -0.478 e. The van der Waals surface area contributed by atoms with E-state index in [4.69, 9.17) is 10.4 Å². The number of aromatic carboxylic acids is 1. The molecular formula is C8H8O5S. The Balaban J connectivity index is 2.89. The molecule has 0 amide bonds. The molecular weight excluding hydrogens is 208 g/mol. The molecule has 76 valence electrons. The summed E-state index contributed by atoms with van der Waals surface area (Å²) in [6, 6.07) is 4.65. The first-order chi connectivity index (χ1) is 6.63. The van der Waals surface area contributed by atoms with Gasteiger partial charge < -0.3 is 5.11 Å². The molecule has 0 aromatic heterocycles. The maximum atomic E-state index is 10.6. The molecule has 0 radical (unpaired) electrons. The van der Waals surface area contributed by atoms with Crippen LogP contribution in [0.15, 0.2) is 23.1 Å². The zero-order valence-corrected chi connectivity index (χ0v) is 8.08. The fourth-order valence-electron chi connectivity index (χ4n) is 0.974. The van der Waals surface area contributed by atoms with Crippen molar-refractivity contribution in [1.29, 1.82) is 0 Å². The van der Waals surface area contributed by atoms with Gasteiger partial charge in [-0.25, -0.2) is 10.1 Å². The van der Waals surface area contributed by atoms with Gasteiger partial charge in [-0.2, -0.15) is 0 Å². The van der Waals surface area contributed by atoms with Gasteiger partial charge >= 0.3 is 5.97 Å². The topological polar surface area (TPSA) is 76.0 Å². The predicted molar refractivity (Wildman–Crippen MR) is 48.8 cm³/mol. The zero-order chi connectivity index (χ0) is 10.6. The van der Waals surface area contributed by atoms with E-state index in [0.717, 1.165) is 17.6 Å². The molecule has 0 aliphatic carbocycles. The largest absolute Gasteiger partial charge is 0.478 e. The van der Waals surface area contributed by atoms with Crippen molar-refractivity contribution in [3.63, 3.8) is 0 Å². The molecule has 1 aromatic carbocycles. The molecule has 2 N–H and O–H groups in total. The van der Waals surface area contributed by atoms with Gasteiger partial charge in [-0.1, -0.05) is 5.04 Å². The van der Waals surface area contributed by atoms with Crippen molar-refractivity contribution in [2.24, 2.45) is 0 Å². The highest BCUT2D eigenvalue weighted by Crippen LogP contribution is 2.22. The highest BCUT2D eigenvalue weighted by Gasteiger charge is 2.06. The van der Waals surface area contributed by atoms with Crippen LogP contribution in [-0.2, 0) is 9.37 Å². The number of rotatable bonds is 4. The average molecular weight is 216 g/mol. The van der Waals surface area contributed by atoms with E-state index in [0.29, 0.717) is 4.90 Å². The Bertz CT molecular complexity index is 339. The van der Waals surface area contributed by atoms with Crippen molar-refractivity contribution in [2.45, 2.75) is 11.8 Å². The molecule has 14 heavy (non-hydrogen) atoms. The highest BCUT2D eigenvalue weighted by atomic mass is 32.2. The lowest BCUT2D eigenvalue weighted by molar-refractivity contribution is -0.432. The summed E-state index contributed by atoms with van der Waals surface area (Å²) in [4.78, 5) is 11.2. The van der Waals surface area contributed by atoms with E-state index < -0.39 is 5.97 Å². The number of aryl methyl sites for hydroxylation is 1. The third-order valence-corrected chi connectivity index (χ3v) is 2.02. The summed E-state index contributed by atoms with van der Waals surface area (Å²) in [6.07, 6.45) is 0. The normalized spacial score (nSPS) is 10.1. The lowest BCUT2D eigenvalue weighted by atomic mass is 10.1. The molecule has 0 aliphatic heterocycles. The molecule has 5 nitrogen and oxygen atoms in total. The monoisotopic (exact) mass is 216 g/mol. The maximum absolute atomic E-state index is 10.6. The van der Waals surface area contributed by atoms with Crippen LogP contribution < -0.4 is 0 Å². The van der Waals surface area contributed by atoms with E-state index >= 15 is 0 Å². The highest BCUT2D eigenvalue weighted by molar-refractivity contribution is 7.94. The summed E-state index contributed by atoms with van der Waals surface area (Å²) in [5.74, 6) is -1.01. The van der Waals surface area contributed by atoms with E-state index in [-0.39, 0.29) is 5.56 Å². The summed E-state index contributed by atoms with van der Waals surface area (Å²) in [5, 5.41) is 20.0. The van der Waals surface area contributed by atoms with E-state index in [1.54, 1.807) is 13.0 Å². The van der Waals surface area contributed by atoms with Crippen LogP contribution in [0, 0.1) is 6.92 Å². The molecule has 1 rings (SSSR count). The molecule has 0 aliphatic rings. The molecule has 0 unspecified atom stereocenters. The fraction of sp³-hybridized carbons (Fsp3) is 0.125. The van der Waals surface area contributed by atoms with Gasteiger partial charge in [0.05, 0.1) is 17.6 Å². The third kappa shape index (κ3) is 3.00. The van der Waals surface area contributed by atoms with Gasteiger partial charge in [-0.3, -0.25) is 0 Å². The summed E-state index contributed by atoms with van der Waals surface area (Å²) in [6.45, 7) is 1.76. The summed E-state index contributed by atoms with van der Waals surface area (Å²) < 4.78 is 4.19. The summed E-state index contributed by atoms with van der Waals surface area (Å²) >= 11 is 0.731. The van der Waals surface area contributed by atoms with E-state index in [2.05, 4.69) is 9.37 Å². The number of carbonyl (C=O) groups is 1. The molecule has 0 atom stereocenters. The second kappa shape index (κ2) is 4.97. The SMILES string of the molecule is Cc1cc(SOOO)cc(C(=O)O)c1. The van der Waals surface area contributed by atoms with Gasteiger partial charge in [0.15, 0.2) is 0 Å². The van der Waals surface area contributed by atoms with Gasteiger partial charge in [0.1, 0.15) is 0 Å². The Morgan fingerprint density at radius 1 is 1.43 bits per heavy atom. The standard InChI is InChI=1S/C8H8O5S/c1-5-2-6(8(9)10)4-7(3-5)14-13-12-11/h2-4,11H,1H3,(H,9,10). The lowest BCUT2D eigenvalue weighted by Crippen LogP contribution is -1.97. The van der Waals surface area contributed by atoms with Crippen LogP contribution in [0.4, 0.5) is 0 Å². The molecule has 0 saturated heterocycles. The number of carboxylic acid groups (broad SMARTS) is 1. The maximum Gasteiger partial charge on any atom is 0.335 e. The van der Waals surface area contributed by atoms with Gasteiger partial charge in [-0.15, -0.1) is 4.33 Å². The van der Waals surface area contributed by atoms with Crippen molar-refractivity contribution >= 4 is 18.0 Å². The predicted octanol–water partition coefficient (Wildman–Crippen LogP) is 2.12. The van der Waals surface area contributed by atoms with E-state index in [1.165, 1.54) is 12.1 Å². The van der Waals surface area contributed by atoms with Crippen molar-refractivity contribution in [1.82, 2.24) is 0 Å². The Kier molecular flexibility index (Phi) is 3.90. The lowest BCUT2D eigenvalue weighted by Gasteiger charge is -2.01. The van der Waals surface area contributed by atoms with Crippen LogP contribution in [0.25, 0.3) is 0 Å². The first-order valence-electron chi connectivity index (χ1n) is 3.63. The molecule has 0 spiro atoms. The Labute approximate surface area is 84.3 Å². The molecule has 6 heteroatoms. The Hall–Kier alpha value is -1.08. The molecule has 1 aromatic rings.